The van der Waals surface area contributed by atoms with Crippen molar-refractivity contribution in [3.8, 4) is 5.75 Å². The lowest BCUT2D eigenvalue weighted by Crippen LogP contribution is -2.43. The summed E-state index contributed by atoms with van der Waals surface area (Å²) in [5.74, 6) is 0.789. The molecule has 1 aliphatic heterocycles. The molecule has 2 amide bonds. The SMILES string of the molecule is O=C(Nc1ccc(Cl)c(Cl)c1)N1CCC(Oc2cccc3cccnc23)CC1. The molecule has 0 atom stereocenters. The van der Waals surface area contributed by atoms with Gasteiger partial charge in [-0.15, -0.1) is 0 Å². The average Bonchev–Trinajstić information content (AvgIpc) is 2.71. The Morgan fingerprint density at radius 3 is 2.64 bits per heavy atom. The summed E-state index contributed by atoms with van der Waals surface area (Å²) in [5, 5.41) is 4.79. The van der Waals surface area contributed by atoms with Gasteiger partial charge < -0.3 is 15.0 Å². The number of ether oxygens (including phenoxy) is 1. The third-order valence-corrected chi connectivity index (χ3v) is 5.53. The molecule has 0 bridgehead atoms. The molecule has 0 radical (unpaired) electrons. The van der Waals surface area contributed by atoms with Crippen LogP contribution in [0.25, 0.3) is 10.9 Å². The van der Waals surface area contributed by atoms with Crippen molar-refractivity contribution in [3.05, 3.63) is 64.8 Å². The molecule has 0 spiro atoms. The van der Waals surface area contributed by atoms with Crippen molar-refractivity contribution in [3.63, 3.8) is 0 Å². The highest BCUT2D eigenvalue weighted by molar-refractivity contribution is 6.42. The number of benzene rings is 2. The van der Waals surface area contributed by atoms with Gasteiger partial charge in [-0.05, 0) is 30.3 Å². The van der Waals surface area contributed by atoms with Crippen molar-refractivity contribution in [1.82, 2.24) is 9.88 Å². The predicted octanol–water partition coefficient (Wildman–Crippen LogP) is 5.62. The molecule has 0 saturated carbocycles. The Labute approximate surface area is 173 Å². The van der Waals surface area contributed by atoms with E-state index in [1.807, 2.05) is 30.3 Å². The van der Waals surface area contributed by atoms with Crippen LogP contribution in [0.15, 0.2) is 54.7 Å². The fraction of sp³-hybridized carbons (Fsp3) is 0.238. The van der Waals surface area contributed by atoms with Gasteiger partial charge >= 0.3 is 6.03 Å². The lowest BCUT2D eigenvalue weighted by Gasteiger charge is -2.32. The van der Waals surface area contributed by atoms with Crippen LogP contribution in [0.5, 0.6) is 5.75 Å². The highest BCUT2D eigenvalue weighted by Crippen LogP contribution is 2.27. The van der Waals surface area contributed by atoms with Crippen LogP contribution < -0.4 is 10.1 Å². The summed E-state index contributed by atoms with van der Waals surface area (Å²) in [7, 11) is 0. The quantitative estimate of drug-likeness (QED) is 0.603. The largest absolute Gasteiger partial charge is 0.488 e. The summed E-state index contributed by atoms with van der Waals surface area (Å²) < 4.78 is 6.19. The van der Waals surface area contributed by atoms with E-state index in [1.165, 1.54) is 0 Å². The third kappa shape index (κ3) is 4.16. The Hall–Kier alpha value is -2.50. The highest BCUT2D eigenvalue weighted by Gasteiger charge is 2.24. The van der Waals surface area contributed by atoms with Gasteiger partial charge in [0.05, 0.1) is 10.0 Å². The smallest absolute Gasteiger partial charge is 0.321 e. The zero-order valence-corrected chi connectivity index (χ0v) is 16.6. The number of para-hydroxylation sites is 1. The van der Waals surface area contributed by atoms with E-state index < -0.39 is 0 Å². The number of hydrogen-bond acceptors (Lipinski definition) is 3. The van der Waals surface area contributed by atoms with Gasteiger partial charge in [0.1, 0.15) is 17.4 Å². The van der Waals surface area contributed by atoms with Crippen LogP contribution in [0.1, 0.15) is 12.8 Å². The number of amides is 2. The molecule has 3 aromatic rings. The van der Waals surface area contributed by atoms with Gasteiger partial charge in [0.15, 0.2) is 0 Å². The van der Waals surface area contributed by atoms with E-state index in [4.69, 9.17) is 27.9 Å². The number of likely N-dealkylation sites (tertiary alicyclic amines) is 1. The molecule has 2 aromatic carbocycles. The summed E-state index contributed by atoms with van der Waals surface area (Å²) in [5.41, 5.74) is 1.49. The van der Waals surface area contributed by atoms with Crippen LogP contribution >= 0.6 is 23.2 Å². The zero-order valence-electron chi connectivity index (χ0n) is 15.1. The molecule has 1 aromatic heterocycles. The summed E-state index contributed by atoms with van der Waals surface area (Å²) in [6, 6.07) is 14.8. The minimum atomic E-state index is -0.149. The Kier molecular flexibility index (Phi) is 5.55. The van der Waals surface area contributed by atoms with Crippen LogP contribution in [0.3, 0.4) is 0 Å². The lowest BCUT2D eigenvalue weighted by atomic mass is 10.1. The molecule has 2 heterocycles. The van der Waals surface area contributed by atoms with E-state index in [9.17, 15) is 4.79 Å². The Morgan fingerprint density at radius 1 is 1.07 bits per heavy atom. The van der Waals surface area contributed by atoms with Crippen LogP contribution in [0.2, 0.25) is 10.0 Å². The molecule has 1 fully saturated rings. The summed E-state index contributed by atoms with van der Waals surface area (Å²) in [6.45, 7) is 1.24. The van der Waals surface area contributed by atoms with Crippen molar-refractivity contribution in [1.29, 1.82) is 0 Å². The van der Waals surface area contributed by atoms with Crippen molar-refractivity contribution < 1.29 is 9.53 Å². The molecule has 28 heavy (non-hydrogen) atoms. The number of hydrogen-bond donors (Lipinski definition) is 1. The predicted molar refractivity (Wildman–Crippen MR) is 112 cm³/mol. The zero-order chi connectivity index (χ0) is 19.5. The molecule has 5 nitrogen and oxygen atoms in total. The molecule has 144 valence electrons. The van der Waals surface area contributed by atoms with Gasteiger partial charge in [-0.1, -0.05) is 41.4 Å². The van der Waals surface area contributed by atoms with E-state index >= 15 is 0 Å². The number of carbonyl (C=O) groups is 1. The van der Waals surface area contributed by atoms with Crippen molar-refractivity contribution >= 4 is 45.8 Å². The van der Waals surface area contributed by atoms with Crippen LogP contribution in [-0.2, 0) is 0 Å². The standard InChI is InChI=1S/C21H19Cl2N3O2/c22-17-7-6-15(13-18(17)23)25-21(27)26-11-8-16(9-12-26)28-19-5-1-3-14-4-2-10-24-20(14)19/h1-7,10,13,16H,8-9,11-12H2,(H,25,27). The topological polar surface area (TPSA) is 54.5 Å². The normalized spacial score (nSPS) is 14.9. The second-order valence-corrected chi connectivity index (χ2v) is 7.51. The third-order valence-electron chi connectivity index (χ3n) is 4.79. The summed E-state index contributed by atoms with van der Waals surface area (Å²) >= 11 is 11.9. The maximum Gasteiger partial charge on any atom is 0.321 e. The van der Waals surface area contributed by atoms with Gasteiger partial charge in [0.25, 0.3) is 0 Å². The first-order chi connectivity index (χ1) is 13.6. The maximum atomic E-state index is 12.5. The number of fused-ring (bicyclic) bond motifs is 1. The van der Waals surface area contributed by atoms with Crippen molar-refractivity contribution in [2.75, 3.05) is 18.4 Å². The first-order valence-corrected chi connectivity index (χ1v) is 9.87. The molecule has 0 aliphatic carbocycles. The first-order valence-electron chi connectivity index (χ1n) is 9.11. The van der Waals surface area contributed by atoms with E-state index in [2.05, 4.69) is 10.3 Å². The summed E-state index contributed by atoms with van der Waals surface area (Å²) in [6.07, 6.45) is 3.35. The van der Waals surface area contributed by atoms with Crippen molar-refractivity contribution in [2.24, 2.45) is 0 Å². The second kappa shape index (κ2) is 8.25. The first kappa shape index (κ1) is 18.8. The number of piperidine rings is 1. The van der Waals surface area contributed by atoms with Crippen LogP contribution in [-0.4, -0.2) is 35.1 Å². The van der Waals surface area contributed by atoms with E-state index in [0.29, 0.717) is 28.8 Å². The second-order valence-electron chi connectivity index (χ2n) is 6.69. The fourth-order valence-corrected chi connectivity index (χ4v) is 3.60. The minimum absolute atomic E-state index is 0.0571. The number of halogens is 2. The molecule has 1 N–H and O–H groups in total. The number of pyridine rings is 1. The average molecular weight is 416 g/mol. The van der Waals surface area contributed by atoms with Gasteiger partial charge in [-0.3, -0.25) is 4.98 Å². The molecule has 0 unspecified atom stereocenters. The van der Waals surface area contributed by atoms with Crippen molar-refractivity contribution in [2.45, 2.75) is 18.9 Å². The monoisotopic (exact) mass is 415 g/mol. The Bertz CT molecular complexity index is 999. The number of nitrogens with zero attached hydrogens (tertiary/aromatic N) is 2. The molecular formula is C21H19Cl2N3O2. The van der Waals surface area contributed by atoms with E-state index in [-0.39, 0.29) is 12.1 Å². The molecule has 1 aliphatic rings. The van der Waals surface area contributed by atoms with Gasteiger partial charge in [0, 0.05) is 43.2 Å². The van der Waals surface area contributed by atoms with Crippen LogP contribution in [0.4, 0.5) is 10.5 Å². The molecule has 7 heteroatoms. The minimum Gasteiger partial charge on any atom is -0.488 e. The number of aromatic nitrogens is 1. The molecule has 1 saturated heterocycles. The van der Waals surface area contributed by atoms with Gasteiger partial charge in [0.2, 0.25) is 0 Å². The summed E-state index contributed by atoms with van der Waals surface area (Å²) in [4.78, 5) is 18.7. The Morgan fingerprint density at radius 2 is 1.86 bits per heavy atom. The number of nitrogens with one attached hydrogen (secondary N) is 1. The highest BCUT2D eigenvalue weighted by atomic mass is 35.5. The van der Waals surface area contributed by atoms with Crippen LogP contribution in [0, 0.1) is 0 Å². The molecular weight excluding hydrogens is 397 g/mol. The lowest BCUT2D eigenvalue weighted by molar-refractivity contribution is 0.116. The number of urea groups is 1. The number of anilines is 1. The van der Waals surface area contributed by atoms with Gasteiger partial charge in [-0.25, -0.2) is 4.79 Å². The Balaban J connectivity index is 1.35. The fourth-order valence-electron chi connectivity index (χ4n) is 3.30. The van der Waals surface area contributed by atoms with E-state index in [1.54, 1.807) is 29.3 Å². The number of rotatable bonds is 3. The van der Waals surface area contributed by atoms with Gasteiger partial charge in [-0.2, -0.15) is 0 Å². The maximum absolute atomic E-state index is 12.5. The number of carbonyl (C=O) groups excluding carboxylic acids is 1. The van der Waals surface area contributed by atoms with E-state index in [0.717, 1.165) is 29.5 Å². The molecule has 4 rings (SSSR count).